The van der Waals surface area contributed by atoms with E-state index in [0.717, 1.165) is 17.7 Å². The van der Waals surface area contributed by atoms with Gasteiger partial charge in [-0.25, -0.2) is 13.1 Å². The van der Waals surface area contributed by atoms with Gasteiger partial charge >= 0.3 is 0 Å². The Bertz CT molecular complexity index is 401. The zero-order valence-electron chi connectivity index (χ0n) is 10.1. The van der Waals surface area contributed by atoms with Crippen LogP contribution in [0, 0.1) is 0 Å². The number of nitrogens with two attached hydrogens (primary N) is 1. The number of nitrogens with one attached hydrogen (secondary N) is 1. The lowest BCUT2D eigenvalue weighted by molar-refractivity contribution is 0.538. The van der Waals surface area contributed by atoms with Crippen molar-refractivity contribution >= 4 is 21.4 Å². The minimum Gasteiger partial charge on any atom is -0.330 e. The molecule has 0 aliphatic rings. The molecule has 1 aromatic rings. The van der Waals surface area contributed by atoms with Gasteiger partial charge in [-0.3, -0.25) is 0 Å². The van der Waals surface area contributed by atoms with Gasteiger partial charge in [-0.2, -0.15) is 0 Å². The maximum Gasteiger partial charge on any atom is 0.212 e. The largest absolute Gasteiger partial charge is 0.330 e. The van der Waals surface area contributed by atoms with Crippen LogP contribution in [-0.4, -0.2) is 20.7 Å². The Morgan fingerprint density at radius 3 is 2.82 bits per heavy atom. The third-order valence-corrected chi connectivity index (χ3v) is 4.86. The molecule has 1 unspecified atom stereocenters. The molecule has 0 saturated carbocycles. The van der Waals surface area contributed by atoms with E-state index < -0.39 is 10.0 Å². The van der Waals surface area contributed by atoms with E-state index >= 15 is 0 Å². The summed E-state index contributed by atoms with van der Waals surface area (Å²) >= 11 is 1.58. The van der Waals surface area contributed by atoms with Crippen molar-refractivity contribution in [3.8, 4) is 0 Å². The molecule has 0 fully saturated rings. The first-order valence-electron chi connectivity index (χ1n) is 5.82. The second kappa shape index (κ2) is 7.10. The van der Waals surface area contributed by atoms with E-state index in [-0.39, 0.29) is 11.8 Å². The molecule has 0 aliphatic heterocycles. The third-order valence-electron chi connectivity index (χ3n) is 2.40. The number of hydrogen-bond acceptors (Lipinski definition) is 4. The van der Waals surface area contributed by atoms with Crippen molar-refractivity contribution in [3.63, 3.8) is 0 Å². The van der Waals surface area contributed by atoms with Gasteiger partial charge in [0, 0.05) is 4.88 Å². The molecule has 17 heavy (non-hydrogen) atoms. The van der Waals surface area contributed by atoms with Crippen molar-refractivity contribution in [2.24, 2.45) is 5.73 Å². The highest BCUT2D eigenvalue weighted by atomic mass is 32.2. The monoisotopic (exact) mass is 276 g/mol. The summed E-state index contributed by atoms with van der Waals surface area (Å²) in [6.07, 6.45) is 2.27. The average Bonchev–Trinajstić information content (AvgIpc) is 2.79. The van der Waals surface area contributed by atoms with Crippen LogP contribution in [0.25, 0.3) is 0 Å². The summed E-state index contributed by atoms with van der Waals surface area (Å²) in [5.74, 6) is 0.106. The van der Waals surface area contributed by atoms with E-state index in [1.165, 1.54) is 0 Å². The Morgan fingerprint density at radius 1 is 1.53 bits per heavy atom. The van der Waals surface area contributed by atoms with Crippen LogP contribution < -0.4 is 10.5 Å². The predicted molar refractivity (Wildman–Crippen MR) is 72.6 cm³/mol. The van der Waals surface area contributed by atoms with Crippen LogP contribution in [0.3, 0.4) is 0 Å². The average molecular weight is 276 g/mol. The lowest BCUT2D eigenvalue weighted by Crippen LogP contribution is -2.31. The zero-order valence-corrected chi connectivity index (χ0v) is 11.7. The van der Waals surface area contributed by atoms with Crippen molar-refractivity contribution in [2.45, 2.75) is 32.2 Å². The van der Waals surface area contributed by atoms with Gasteiger partial charge < -0.3 is 5.73 Å². The summed E-state index contributed by atoms with van der Waals surface area (Å²) in [4.78, 5) is 1.07. The van der Waals surface area contributed by atoms with Crippen molar-refractivity contribution in [2.75, 3.05) is 12.3 Å². The first-order chi connectivity index (χ1) is 8.09. The molecule has 1 atom stereocenters. The molecule has 0 amide bonds. The Morgan fingerprint density at radius 2 is 2.29 bits per heavy atom. The van der Waals surface area contributed by atoms with Gasteiger partial charge in [0.05, 0.1) is 11.8 Å². The van der Waals surface area contributed by atoms with E-state index in [4.69, 9.17) is 5.73 Å². The Kier molecular flexibility index (Phi) is 6.11. The van der Waals surface area contributed by atoms with E-state index in [0.29, 0.717) is 13.0 Å². The van der Waals surface area contributed by atoms with E-state index in [1.807, 2.05) is 17.5 Å². The summed E-state index contributed by atoms with van der Waals surface area (Å²) in [6, 6.07) is 3.82. The normalized spacial score (nSPS) is 13.8. The van der Waals surface area contributed by atoms with Crippen LogP contribution in [0.2, 0.25) is 0 Å². The van der Waals surface area contributed by atoms with Gasteiger partial charge in [-0.1, -0.05) is 19.4 Å². The van der Waals surface area contributed by atoms with Crippen molar-refractivity contribution in [1.82, 2.24) is 4.72 Å². The highest BCUT2D eigenvalue weighted by Crippen LogP contribution is 2.24. The van der Waals surface area contributed by atoms with E-state index in [1.54, 1.807) is 11.3 Å². The maximum atomic E-state index is 11.8. The third kappa shape index (κ3) is 5.16. The minimum absolute atomic E-state index is 0.0947. The molecule has 3 N–H and O–H groups in total. The highest BCUT2D eigenvalue weighted by molar-refractivity contribution is 7.89. The summed E-state index contributed by atoms with van der Waals surface area (Å²) in [5, 5.41) is 1.96. The van der Waals surface area contributed by atoms with Gasteiger partial charge in [-0.05, 0) is 30.8 Å². The second-order valence-corrected chi connectivity index (χ2v) is 6.79. The quantitative estimate of drug-likeness (QED) is 0.761. The summed E-state index contributed by atoms with van der Waals surface area (Å²) in [5.41, 5.74) is 5.33. The van der Waals surface area contributed by atoms with Gasteiger partial charge in [0.25, 0.3) is 0 Å². The molecule has 0 saturated heterocycles. The van der Waals surface area contributed by atoms with Crippen LogP contribution >= 0.6 is 11.3 Å². The van der Waals surface area contributed by atoms with Crippen molar-refractivity contribution in [3.05, 3.63) is 22.4 Å². The highest BCUT2D eigenvalue weighted by Gasteiger charge is 2.18. The number of hydrogen-bond donors (Lipinski definition) is 2. The summed E-state index contributed by atoms with van der Waals surface area (Å²) in [7, 11) is -3.21. The van der Waals surface area contributed by atoms with E-state index in [9.17, 15) is 8.42 Å². The van der Waals surface area contributed by atoms with Gasteiger partial charge in [0.15, 0.2) is 0 Å². The lowest BCUT2D eigenvalue weighted by Gasteiger charge is -2.16. The summed E-state index contributed by atoms with van der Waals surface area (Å²) in [6.45, 7) is 2.45. The van der Waals surface area contributed by atoms with Crippen LogP contribution in [0.1, 0.15) is 37.1 Å². The topological polar surface area (TPSA) is 72.2 Å². The molecule has 0 aromatic carbocycles. The van der Waals surface area contributed by atoms with Gasteiger partial charge in [0.1, 0.15) is 0 Å². The molecule has 1 rings (SSSR count). The van der Waals surface area contributed by atoms with Crippen molar-refractivity contribution in [1.29, 1.82) is 0 Å². The van der Waals surface area contributed by atoms with Crippen LogP contribution in [0.15, 0.2) is 17.5 Å². The number of rotatable bonds is 8. The Hall–Kier alpha value is -0.430. The molecular formula is C11H20N2O2S2. The minimum atomic E-state index is -3.21. The number of sulfonamides is 1. The lowest BCUT2D eigenvalue weighted by atomic mass is 10.1. The number of thiophene rings is 1. The van der Waals surface area contributed by atoms with E-state index in [2.05, 4.69) is 11.6 Å². The smallest absolute Gasteiger partial charge is 0.212 e. The molecule has 0 radical (unpaired) electrons. The standard InChI is InChI=1S/C11H20N2O2S2/c1-2-5-10(11-6-3-8-16-11)13-17(14,15)9-4-7-12/h3,6,8,10,13H,2,4-5,7,9,12H2,1H3. The summed E-state index contributed by atoms with van der Waals surface area (Å²) < 4.78 is 26.4. The molecule has 98 valence electrons. The zero-order chi connectivity index (χ0) is 12.7. The molecule has 1 aromatic heterocycles. The molecule has 0 bridgehead atoms. The van der Waals surface area contributed by atoms with Gasteiger partial charge in [0.2, 0.25) is 10.0 Å². The fraction of sp³-hybridized carbons (Fsp3) is 0.636. The molecule has 4 nitrogen and oxygen atoms in total. The first kappa shape index (κ1) is 14.6. The molecule has 0 spiro atoms. The SMILES string of the molecule is CCCC(NS(=O)(=O)CCCN)c1cccs1. The molecular weight excluding hydrogens is 256 g/mol. The van der Waals surface area contributed by atoms with Crippen LogP contribution in [-0.2, 0) is 10.0 Å². The maximum absolute atomic E-state index is 11.8. The Balaban J connectivity index is 2.67. The second-order valence-electron chi connectivity index (χ2n) is 3.94. The van der Waals surface area contributed by atoms with Crippen LogP contribution in [0.5, 0.6) is 0 Å². The first-order valence-corrected chi connectivity index (χ1v) is 8.35. The fourth-order valence-corrected chi connectivity index (χ4v) is 3.82. The fourth-order valence-electron chi connectivity index (χ4n) is 1.59. The Labute approximate surface area is 107 Å². The molecule has 0 aliphatic carbocycles. The van der Waals surface area contributed by atoms with Crippen molar-refractivity contribution < 1.29 is 8.42 Å². The van der Waals surface area contributed by atoms with Gasteiger partial charge in [-0.15, -0.1) is 11.3 Å². The molecule has 6 heteroatoms. The molecule has 1 heterocycles. The van der Waals surface area contributed by atoms with Crippen LogP contribution in [0.4, 0.5) is 0 Å². The predicted octanol–water partition coefficient (Wildman–Crippen LogP) is 1.86.